The van der Waals surface area contributed by atoms with Gasteiger partial charge < -0.3 is 34.8 Å². The number of aromatic nitrogens is 1. The summed E-state index contributed by atoms with van der Waals surface area (Å²) in [5, 5.41) is 9.77. The van der Waals surface area contributed by atoms with E-state index in [-0.39, 0.29) is 54.3 Å². The van der Waals surface area contributed by atoms with E-state index < -0.39 is 0 Å². The summed E-state index contributed by atoms with van der Waals surface area (Å²) < 4.78 is 7.90. The van der Waals surface area contributed by atoms with Crippen molar-refractivity contribution in [3.05, 3.63) is 106 Å². The van der Waals surface area contributed by atoms with E-state index in [2.05, 4.69) is 25.1 Å². The fraction of sp³-hybridized carbons (Fsp3) is 0.390. The molecule has 7 rings (SSSR count). The number of fused-ring (bicyclic) bond motifs is 2. The average Bonchev–Trinajstić information content (AvgIpc) is 3.43. The van der Waals surface area contributed by atoms with Gasteiger partial charge in [0.1, 0.15) is 11.9 Å². The third-order valence-corrected chi connectivity index (χ3v) is 11.2. The molecule has 1 saturated carbocycles. The number of anilines is 1. The number of halogens is 1. The minimum atomic E-state index is -0.321. The first-order valence-corrected chi connectivity index (χ1v) is 18.0. The summed E-state index contributed by atoms with van der Waals surface area (Å²) in [5.74, 6) is -0.148. The Hall–Kier alpha value is -4.80. The van der Waals surface area contributed by atoms with Gasteiger partial charge >= 0.3 is 6.09 Å². The quantitative estimate of drug-likeness (QED) is 0.235. The zero-order valence-corrected chi connectivity index (χ0v) is 31.1. The number of nitrogens with zero attached hydrogens (tertiary/aromatic N) is 4. The molecule has 2 aliphatic heterocycles. The second-order valence-corrected chi connectivity index (χ2v) is 14.5. The molecule has 1 aromatic heterocycles. The van der Waals surface area contributed by atoms with Crippen LogP contribution in [0, 0.1) is 6.92 Å². The molecular weight excluding hydrogens is 678 g/mol. The van der Waals surface area contributed by atoms with Gasteiger partial charge in [-0.15, -0.1) is 12.4 Å². The largest absolute Gasteiger partial charge is 0.508 e. The van der Waals surface area contributed by atoms with Crippen molar-refractivity contribution < 1.29 is 24.2 Å². The molecule has 0 unspecified atom stereocenters. The maximum absolute atomic E-state index is 14.8. The minimum absolute atomic E-state index is 0. The van der Waals surface area contributed by atoms with Gasteiger partial charge in [0, 0.05) is 74.0 Å². The first kappa shape index (κ1) is 37.0. The molecule has 0 bridgehead atoms. The first-order chi connectivity index (χ1) is 24.5. The predicted molar refractivity (Wildman–Crippen MR) is 204 cm³/mol. The van der Waals surface area contributed by atoms with Gasteiger partial charge in [0.15, 0.2) is 0 Å². The third-order valence-electron chi connectivity index (χ3n) is 11.2. The lowest BCUT2D eigenvalue weighted by Crippen LogP contribution is -2.43. The van der Waals surface area contributed by atoms with Crippen molar-refractivity contribution in [2.75, 3.05) is 18.5 Å². The highest BCUT2D eigenvalue weighted by molar-refractivity contribution is 6.08. The van der Waals surface area contributed by atoms with Crippen molar-refractivity contribution in [1.29, 1.82) is 0 Å². The highest BCUT2D eigenvalue weighted by Crippen LogP contribution is 2.36. The summed E-state index contributed by atoms with van der Waals surface area (Å²) in [6.07, 6.45) is 4.21. The van der Waals surface area contributed by atoms with Gasteiger partial charge in [-0.25, -0.2) is 4.79 Å². The van der Waals surface area contributed by atoms with Crippen LogP contribution < -0.4 is 10.6 Å². The number of benzene rings is 3. The van der Waals surface area contributed by atoms with Gasteiger partial charge in [-0.2, -0.15) is 0 Å². The van der Waals surface area contributed by atoms with Gasteiger partial charge in [0.05, 0.1) is 5.56 Å². The molecule has 1 aliphatic carbocycles. The van der Waals surface area contributed by atoms with Crippen LogP contribution in [0.5, 0.6) is 5.75 Å². The van der Waals surface area contributed by atoms with Crippen molar-refractivity contribution in [2.24, 2.45) is 12.8 Å². The monoisotopic (exact) mass is 725 g/mol. The second kappa shape index (κ2) is 15.0. The van der Waals surface area contributed by atoms with Gasteiger partial charge in [0.25, 0.3) is 11.8 Å². The lowest BCUT2D eigenvalue weighted by molar-refractivity contribution is 0.0405. The zero-order valence-electron chi connectivity index (χ0n) is 30.3. The van der Waals surface area contributed by atoms with E-state index in [1.54, 1.807) is 41.1 Å². The Morgan fingerprint density at radius 2 is 1.58 bits per heavy atom. The van der Waals surface area contributed by atoms with Crippen molar-refractivity contribution >= 4 is 36.0 Å². The number of carbonyl (C=O) groups excluding carboxylic acids is 3. The van der Waals surface area contributed by atoms with Gasteiger partial charge in [0.2, 0.25) is 0 Å². The molecule has 3 N–H and O–H groups in total. The molecule has 11 heteroatoms. The van der Waals surface area contributed by atoms with Crippen molar-refractivity contribution in [2.45, 2.75) is 83.6 Å². The topological polar surface area (TPSA) is 121 Å². The standard InChI is InChI=1S/C41H47N5O5.ClH/c1-25-19-27-7-5-6-8-29(27)24-46(25)40(49)37-21-30-23-45(41(50)51-34-15-9-31(42)10-16-34)18-17-28(30)20-36(37)38-22-35(26(2)43(38)3)39(48)44(4)32-11-13-33(47)14-12-32;/h5-8,11-14,20-22,25,31,34,47H,9-10,15-19,23-24,42H2,1-4H3;1H/t25-,31?,34?;/m1./s1. The van der Waals surface area contributed by atoms with E-state index >= 15 is 0 Å². The SMILES string of the molecule is Cc1c(C(=O)N(C)c2ccc(O)cc2)cc(-c2cc3c(cc2C(=O)N2Cc4ccccc4C[C@H]2C)CN(C(=O)OC2CCC(N)CC2)CC3)n1C.Cl. The van der Waals surface area contributed by atoms with Crippen LogP contribution in [-0.4, -0.2) is 69.2 Å². The van der Waals surface area contributed by atoms with Gasteiger partial charge in [-0.3, -0.25) is 9.59 Å². The summed E-state index contributed by atoms with van der Waals surface area (Å²) in [6, 6.07) is 20.9. The Labute approximate surface area is 311 Å². The number of hydrogen-bond donors (Lipinski definition) is 2. The minimum Gasteiger partial charge on any atom is -0.508 e. The smallest absolute Gasteiger partial charge is 0.410 e. The van der Waals surface area contributed by atoms with Crippen LogP contribution in [0.4, 0.5) is 10.5 Å². The van der Waals surface area contributed by atoms with E-state index in [9.17, 15) is 19.5 Å². The molecule has 52 heavy (non-hydrogen) atoms. The third kappa shape index (κ3) is 7.14. The molecule has 3 heterocycles. The number of hydrogen-bond acceptors (Lipinski definition) is 6. The first-order valence-electron chi connectivity index (χ1n) is 18.0. The summed E-state index contributed by atoms with van der Waals surface area (Å²) in [4.78, 5) is 47.2. The molecule has 1 fully saturated rings. The van der Waals surface area contributed by atoms with Crippen LogP contribution in [0.1, 0.15) is 81.3 Å². The van der Waals surface area contributed by atoms with Crippen molar-refractivity contribution in [3.63, 3.8) is 0 Å². The number of phenols is 1. The normalized spacial score (nSPS) is 19.6. The number of ether oxygens (including phenoxy) is 1. The Bertz CT molecular complexity index is 1980. The number of carbonyl (C=O) groups is 3. The molecule has 0 saturated heterocycles. The Morgan fingerprint density at radius 1 is 0.885 bits per heavy atom. The molecule has 274 valence electrons. The summed E-state index contributed by atoms with van der Waals surface area (Å²) >= 11 is 0. The summed E-state index contributed by atoms with van der Waals surface area (Å²) in [7, 11) is 3.63. The summed E-state index contributed by atoms with van der Waals surface area (Å²) in [5.41, 5.74) is 14.5. The highest BCUT2D eigenvalue weighted by atomic mass is 35.5. The Morgan fingerprint density at radius 3 is 2.29 bits per heavy atom. The van der Waals surface area contributed by atoms with Crippen LogP contribution in [0.15, 0.2) is 66.7 Å². The average molecular weight is 726 g/mol. The number of phenolic OH excluding ortho intramolecular Hbond substituents is 1. The molecular formula is C41H48ClN5O5. The van der Waals surface area contributed by atoms with Gasteiger partial charge in [-0.1, -0.05) is 24.3 Å². The molecule has 1 atom stereocenters. The summed E-state index contributed by atoms with van der Waals surface area (Å²) in [6.45, 7) is 5.37. The van der Waals surface area contributed by atoms with Crippen LogP contribution in [0.25, 0.3) is 11.3 Å². The van der Waals surface area contributed by atoms with Crippen LogP contribution >= 0.6 is 12.4 Å². The maximum atomic E-state index is 14.8. The maximum Gasteiger partial charge on any atom is 0.410 e. The molecule has 0 radical (unpaired) electrons. The van der Waals surface area contributed by atoms with E-state index in [4.69, 9.17) is 10.5 Å². The van der Waals surface area contributed by atoms with Crippen LogP contribution in [0.2, 0.25) is 0 Å². The highest BCUT2D eigenvalue weighted by Gasteiger charge is 2.33. The lowest BCUT2D eigenvalue weighted by atomic mass is 9.90. The fourth-order valence-corrected chi connectivity index (χ4v) is 7.83. The predicted octanol–water partition coefficient (Wildman–Crippen LogP) is 6.76. The van der Waals surface area contributed by atoms with Crippen LogP contribution in [0.3, 0.4) is 0 Å². The van der Waals surface area contributed by atoms with Gasteiger partial charge in [-0.05, 0) is 117 Å². The number of amides is 3. The number of nitrogens with two attached hydrogens (primary N) is 1. The van der Waals surface area contributed by atoms with E-state index in [0.29, 0.717) is 42.9 Å². The second-order valence-electron chi connectivity index (χ2n) is 14.5. The molecule has 3 amide bonds. The molecule has 3 aliphatic rings. The number of rotatable bonds is 5. The molecule has 4 aromatic rings. The fourth-order valence-electron chi connectivity index (χ4n) is 7.83. The van der Waals surface area contributed by atoms with Crippen LogP contribution in [-0.2, 0) is 37.7 Å². The Balaban J connectivity index is 0.00000464. The lowest BCUT2D eigenvalue weighted by Gasteiger charge is -2.36. The number of aromatic hydroxyl groups is 1. The molecule has 0 spiro atoms. The molecule has 3 aromatic carbocycles. The molecule has 10 nitrogen and oxygen atoms in total. The van der Waals surface area contributed by atoms with Crippen molar-refractivity contribution in [3.8, 4) is 17.0 Å². The van der Waals surface area contributed by atoms with E-state index in [0.717, 1.165) is 65.7 Å². The van der Waals surface area contributed by atoms with E-state index in [1.807, 2.05) is 47.7 Å². The zero-order chi connectivity index (χ0) is 36.0. The van der Waals surface area contributed by atoms with Crippen molar-refractivity contribution in [1.82, 2.24) is 14.4 Å². The van der Waals surface area contributed by atoms with E-state index in [1.165, 1.54) is 5.56 Å². The Kier molecular flexibility index (Phi) is 10.7.